The van der Waals surface area contributed by atoms with Gasteiger partial charge in [-0.1, -0.05) is 34.1 Å². The molecule has 0 bridgehead atoms. The molecule has 0 radical (unpaired) electrons. The lowest BCUT2D eigenvalue weighted by atomic mass is 10.2. The number of benzene rings is 1. The van der Waals surface area contributed by atoms with Gasteiger partial charge >= 0.3 is 5.97 Å². The van der Waals surface area contributed by atoms with Crippen molar-refractivity contribution in [1.29, 1.82) is 0 Å². The van der Waals surface area contributed by atoms with Crippen molar-refractivity contribution in [3.05, 3.63) is 29.8 Å². The molecule has 0 saturated heterocycles. The molecule has 0 aliphatic heterocycles. The van der Waals surface area contributed by atoms with Crippen molar-refractivity contribution in [2.24, 2.45) is 0 Å². The number of methoxy groups -OCH3 is 1. The number of aliphatic hydroxyl groups is 1. The van der Waals surface area contributed by atoms with Crippen LogP contribution in [0.5, 0.6) is 5.75 Å². The van der Waals surface area contributed by atoms with Gasteiger partial charge in [-0.15, -0.1) is 0 Å². The first-order chi connectivity index (χ1) is 13.5. The minimum atomic E-state index is -1.94. The van der Waals surface area contributed by atoms with Gasteiger partial charge in [0.05, 0.1) is 19.3 Å². The molecule has 0 unspecified atom stereocenters. The Kier molecular flexibility index (Phi) is 10.3. The van der Waals surface area contributed by atoms with Gasteiger partial charge in [0, 0.05) is 6.61 Å². The summed E-state index contributed by atoms with van der Waals surface area (Å²) in [5.41, 5.74) is 0.448. The lowest BCUT2D eigenvalue weighted by molar-refractivity contribution is -0.0742. The highest BCUT2D eigenvalue weighted by Crippen LogP contribution is 2.36. The van der Waals surface area contributed by atoms with E-state index in [1.54, 1.807) is 24.3 Å². The predicted octanol–water partition coefficient (Wildman–Crippen LogP) is 4.42. The predicted molar refractivity (Wildman–Crippen MR) is 117 cm³/mol. The minimum Gasteiger partial charge on any atom is -0.491 e. The summed E-state index contributed by atoms with van der Waals surface area (Å²) in [5.74, 6) is 0.165. The molecule has 7 heteroatoms. The molecule has 1 aromatic carbocycles. The Bertz CT molecular complexity index is 609. The van der Waals surface area contributed by atoms with Crippen molar-refractivity contribution in [3.63, 3.8) is 0 Å². The van der Waals surface area contributed by atoms with Crippen molar-refractivity contribution in [1.82, 2.24) is 0 Å². The number of ether oxygens (including phenoxy) is 3. The third-order valence-corrected chi connectivity index (χ3v) is 9.87. The molecule has 0 heterocycles. The topological polar surface area (TPSA) is 74.2 Å². The Balaban J connectivity index is 2.68. The molecule has 2 atom stereocenters. The molecule has 0 aliphatic rings. The molecule has 29 heavy (non-hydrogen) atoms. The first-order valence-corrected chi connectivity index (χ1v) is 13.2. The van der Waals surface area contributed by atoms with Crippen molar-refractivity contribution in [2.75, 3.05) is 26.9 Å². The molecule has 0 aromatic heterocycles. The van der Waals surface area contributed by atoms with Crippen LogP contribution < -0.4 is 4.74 Å². The third kappa shape index (κ3) is 8.46. The molecule has 0 saturated carbocycles. The van der Waals surface area contributed by atoms with E-state index in [9.17, 15) is 9.90 Å². The Hall–Kier alpha value is -1.41. The largest absolute Gasteiger partial charge is 0.491 e. The van der Waals surface area contributed by atoms with Crippen LogP contribution in [0.2, 0.25) is 18.1 Å². The second kappa shape index (κ2) is 11.7. The molecule has 0 amide bonds. The highest BCUT2D eigenvalue weighted by molar-refractivity contribution is 6.74. The number of hydrogen-bond acceptors (Lipinski definition) is 6. The molecular formula is C22H38O6Si. The highest BCUT2D eigenvalue weighted by atomic mass is 28.4. The van der Waals surface area contributed by atoms with Crippen LogP contribution >= 0.6 is 0 Å². The van der Waals surface area contributed by atoms with Gasteiger partial charge in [-0.05, 0) is 48.8 Å². The van der Waals surface area contributed by atoms with Gasteiger partial charge in [0.25, 0.3) is 0 Å². The number of unbranched alkanes of at least 4 members (excludes halogenated alkanes) is 1. The van der Waals surface area contributed by atoms with E-state index in [4.69, 9.17) is 13.9 Å². The van der Waals surface area contributed by atoms with Gasteiger partial charge in [0.1, 0.15) is 24.6 Å². The normalized spacial score (nSPS) is 14.3. The van der Waals surface area contributed by atoms with Gasteiger partial charge in [0.15, 0.2) is 8.32 Å². The van der Waals surface area contributed by atoms with E-state index >= 15 is 0 Å². The number of carbonyl (C=O) groups is 1. The van der Waals surface area contributed by atoms with Gasteiger partial charge in [-0.2, -0.15) is 0 Å². The molecule has 6 nitrogen and oxygen atoms in total. The Morgan fingerprint density at radius 2 is 1.76 bits per heavy atom. The van der Waals surface area contributed by atoms with Crippen molar-refractivity contribution < 1.29 is 28.5 Å². The molecule has 1 rings (SSSR count). The zero-order valence-electron chi connectivity index (χ0n) is 19.0. The quantitative estimate of drug-likeness (QED) is 0.303. The summed E-state index contributed by atoms with van der Waals surface area (Å²) in [6.45, 7) is 14.0. The van der Waals surface area contributed by atoms with Gasteiger partial charge in [0.2, 0.25) is 0 Å². The average Bonchev–Trinajstić information content (AvgIpc) is 2.67. The van der Waals surface area contributed by atoms with Crippen LogP contribution in [0.15, 0.2) is 24.3 Å². The molecule has 0 aliphatic carbocycles. The third-order valence-electron chi connectivity index (χ3n) is 5.37. The lowest BCUT2D eigenvalue weighted by Crippen LogP contribution is -2.46. The fraction of sp³-hybridized carbons (Fsp3) is 0.682. The van der Waals surface area contributed by atoms with Crippen LogP contribution in [0, 0.1) is 0 Å². The lowest BCUT2D eigenvalue weighted by Gasteiger charge is -2.37. The fourth-order valence-electron chi connectivity index (χ4n) is 2.25. The fourth-order valence-corrected chi connectivity index (χ4v) is 3.26. The zero-order valence-corrected chi connectivity index (χ0v) is 20.0. The standard InChI is InChI=1S/C22H38O6Si/c1-8-9-14-26-20(16-28-29(6,7)22(2,3)4)19(23)15-27-18-12-10-17(11-13-18)21(24)25-5/h10-13,19-20,23H,8-9,14-16H2,1-7H3/t19-,20+/m1/s1. The summed E-state index contributed by atoms with van der Waals surface area (Å²) >= 11 is 0. The Morgan fingerprint density at radius 1 is 1.14 bits per heavy atom. The molecule has 0 spiro atoms. The second-order valence-corrected chi connectivity index (χ2v) is 13.5. The zero-order chi connectivity index (χ0) is 22.1. The van der Waals surface area contributed by atoms with E-state index in [-0.39, 0.29) is 11.6 Å². The first-order valence-electron chi connectivity index (χ1n) is 10.3. The summed E-state index contributed by atoms with van der Waals surface area (Å²) in [4.78, 5) is 11.5. The van der Waals surface area contributed by atoms with Crippen LogP contribution in [0.25, 0.3) is 0 Å². The second-order valence-electron chi connectivity index (χ2n) is 8.73. The van der Waals surface area contributed by atoms with Gasteiger partial charge in [-0.25, -0.2) is 4.79 Å². The van der Waals surface area contributed by atoms with E-state index in [0.29, 0.717) is 24.5 Å². The van der Waals surface area contributed by atoms with Crippen molar-refractivity contribution in [3.8, 4) is 5.75 Å². The summed E-state index contributed by atoms with van der Waals surface area (Å²) in [6.07, 6.45) is 0.676. The number of carbonyl (C=O) groups excluding carboxylic acids is 1. The van der Waals surface area contributed by atoms with Crippen LogP contribution in [-0.4, -0.2) is 58.5 Å². The maximum Gasteiger partial charge on any atom is 0.337 e. The monoisotopic (exact) mass is 426 g/mol. The highest BCUT2D eigenvalue weighted by Gasteiger charge is 2.38. The van der Waals surface area contributed by atoms with E-state index in [1.165, 1.54) is 7.11 Å². The van der Waals surface area contributed by atoms with E-state index in [0.717, 1.165) is 12.8 Å². The van der Waals surface area contributed by atoms with E-state index in [2.05, 4.69) is 45.5 Å². The SMILES string of the molecule is CCCCO[C@@H](CO[Si](C)(C)C(C)(C)C)[C@H](O)COc1ccc(C(=O)OC)cc1. The molecule has 0 fully saturated rings. The van der Waals surface area contributed by atoms with Crippen LogP contribution in [-0.2, 0) is 13.9 Å². The maximum atomic E-state index is 11.5. The average molecular weight is 427 g/mol. The number of rotatable bonds is 12. The Labute approximate surface area is 176 Å². The summed E-state index contributed by atoms with van der Waals surface area (Å²) in [6, 6.07) is 6.61. The molecule has 1 aromatic rings. The smallest absolute Gasteiger partial charge is 0.337 e. The maximum absolute atomic E-state index is 11.5. The first kappa shape index (κ1) is 25.6. The minimum absolute atomic E-state index is 0.0786. The van der Waals surface area contributed by atoms with E-state index < -0.39 is 26.5 Å². The van der Waals surface area contributed by atoms with Crippen LogP contribution in [0.4, 0.5) is 0 Å². The number of hydrogen-bond donors (Lipinski definition) is 1. The van der Waals surface area contributed by atoms with E-state index in [1.807, 2.05) is 0 Å². The molecular weight excluding hydrogens is 388 g/mol. The van der Waals surface area contributed by atoms with Crippen LogP contribution in [0.1, 0.15) is 50.9 Å². The molecule has 166 valence electrons. The molecule has 1 N–H and O–H groups in total. The Morgan fingerprint density at radius 3 is 2.28 bits per heavy atom. The van der Waals surface area contributed by atoms with Gasteiger partial charge in [-0.3, -0.25) is 0 Å². The van der Waals surface area contributed by atoms with Crippen molar-refractivity contribution in [2.45, 2.75) is 70.9 Å². The summed E-state index contributed by atoms with van der Waals surface area (Å²) in [5, 5.41) is 10.7. The number of esters is 1. The van der Waals surface area contributed by atoms with Gasteiger partial charge < -0.3 is 23.7 Å². The summed E-state index contributed by atoms with van der Waals surface area (Å²) < 4.78 is 22.6. The summed E-state index contributed by atoms with van der Waals surface area (Å²) in [7, 11) is -0.604. The van der Waals surface area contributed by atoms with Crippen molar-refractivity contribution >= 4 is 14.3 Å². The van der Waals surface area contributed by atoms with Crippen LogP contribution in [0.3, 0.4) is 0 Å². The number of aliphatic hydroxyl groups excluding tert-OH is 1.